The number of carbonyl (C=O) groups excluding carboxylic acids is 2. The monoisotopic (exact) mass is 450 g/mol. The van der Waals surface area contributed by atoms with Crippen molar-refractivity contribution in [2.24, 2.45) is 0 Å². The molecule has 1 aliphatic rings. The van der Waals surface area contributed by atoms with E-state index in [1.807, 2.05) is 50.2 Å². The van der Waals surface area contributed by atoms with Crippen molar-refractivity contribution < 1.29 is 14.0 Å². The van der Waals surface area contributed by atoms with E-state index in [1.54, 1.807) is 33.3 Å². The summed E-state index contributed by atoms with van der Waals surface area (Å²) >= 11 is 1.65. The van der Waals surface area contributed by atoms with Gasteiger partial charge in [0.1, 0.15) is 12.4 Å². The average molecular weight is 451 g/mol. The first-order chi connectivity index (χ1) is 15.4. The molecular weight excluding hydrogens is 423 g/mol. The lowest BCUT2D eigenvalue weighted by Crippen LogP contribution is -2.43. The molecule has 0 unspecified atom stereocenters. The van der Waals surface area contributed by atoms with Crippen molar-refractivity contribution in [3.8, 4) is 0 Å². The first kappa shape index (κ1) is 22.2. The van der Waals surface area contributed by atoms with Crippen LogP contribution in [0.1, 0.15) is 44.1 Å². The molecule has 1 saturated carbocycles. The Morgan fingerprint density at radius 2 is 1.62 bits per heavy atom. The number of amides is 2. The van der Waals surface area contributed by atoms with E-state index in [4.69, 9.17) is 0 Å². The Labute approximate surface area is 192 Å². The molecule has 0 atom stereocenters. The second kappa shape index (κ2) is 9.65. The number of hydrogen-bond donors (Lipinski definition) is 0. The third-order valence-electron chi connectivity index (χ3n) is 5.63. The van der Waals surface area contributed by atoms with Gasteiger partial charge in [-0.2, -0.15) is 0 Å². The van der Waals surface area contributed by atoms with Crippen LogP contribution in [-0.2, 0) is 17.9 Å². The summed E-state index contributed by atoms with van der Waals surface area (Å²) in [4.78, 5) is 32.3. The number of benzene rings is 2. The van der Waals surface area contributed by atoms with Crippen LogP contribution in [0.5, 0.6) is 0 Å². The van der Waals surface area contributed by atoms with Crippen LogP contribution in [0.15, 0.2) is 60.7 Å². The highest BCUT2D eigenvalue weighted by atomic mass is 32.1. The maximum atomic E-state index is 13.4. The van der Waals surface area contributed by atoms with E-state index < -0.39 is 0 Å². The summed E-state index contributed by atoms with van der Waals surface area (Å²) in [5.74, 6) is -0.508. The van der Waals surface area contributed by atoms with Crippen LogP contribution < -0.4 is 0 Å². The quantitative estimate of drug-likeness (QED) is 0.465. The van der Waals surface area contributed by atoms with E-state index in [1.165, 1.54) is 17.0 Å². The van der Waals surface area contributed by atoms with Crippen LogP contribution in [0, 0.1) is 19.7 Å². The highest BCUT2D eigenvalue weighted by molar-refractivity contribution is 7.11. The molecule has 0 spiro atoms. The number of carbonyl (C=O) groups is 2. The Bertz CT molecular complexity index is 1090. The molecule has 1 heterocycles. The van der Waals surface area contributed by atoms with E-state index in [0.29, 0.717) is 18.7 Å². The van der Waals surface area contributed by atoms with Crippen molar-refractivity contribution in [3.05, 3.63) is 92.9 Å². The predicted octanol–water partition coefficient (Wildman–Crippen LogP) is 5.34. The van der Waals surface area contributed by atoms with Gasteiger partial charge in [-0.1, -0.05) is 29.8 Å². The molecule has 0 bridgehead atoms. The van der Waals surface area contributed by atoms with Gasteiger partial charge in [0.2, 0.25) is 5.91 Å². The fourth-order valence-corrected chi connectivity index (χ4v) is 4.57. The Hall–Kier alpha value is -2.99. The van der Waals surface area contributed by atoms with E-state index in [2.05, 4.69) is 0 Å². The van der Waals surface area contributed by atoms with Crippen LogP contribution in [0.3, 0.4) is 0 Å². The van der Waals surface area contributed by atoms with E-state index in [-0.39, 0.29) is 30.2 Å². The highest BCUT2D eigenvalue weighted by Gasteiger charge is 2.35. The van der Waals surface area contributed by atoms with Crippen LogP contribution in [0.25, 0.3) is 0 Å². The molecule has 3 aromatic rings. The van der Waals surface area contributed by atoms with Gasteiger partial charge in [-0.25, -0.2) is 4.39 Å². The van der Waals surface area contributed by atoms with Crippen LogP contribution >= 0.6 is 11.3 Å². The SMILES string of the molecule is Cc1ccc(C(=O)N(CC(=O)N(Cc2ccc(F)cc2)Cc2ccc(C)s2)C2CC2)cc1. The fourth-order valence-electron chi connectivity index (χ4n) is 3.66. The van der Waals surface area contributed by atoms with Crippen molar-refractivity contribution in [3.63, 3.8) is 0 Å². The molecule has 32 heavy (non-hydrogen) atoms. The van der Waals surface area contributed by atoms with Crippen molar-refractivity contribution >= 4 is 23.2 Å². The van der Waals surface area contributed by atoms with Crippen LogP contribution in [0.2, 0.25) is 0 Å². The maximum absolute atomic E-state index is 13.4. The Morgan fingerprint density at radius 1 is 0.938 bits per heavy atom. The summed E-state index contributed by atoms with van der Waals surface area (Å²) in [6, 6.07) is 17.9. The molecular formula is C26H27FN2O2S. The molecule has 4 rings (SSSR count). The zero-order valence-electron chi connectivity index (χ0n) is 18.4. The molecule has 2 aromatic carbocycles. The lowest BCUT2D eigenvalue weighted by Gasteiger charge is -2.28. The smallest absolute Gasteiger partial charge is 0.254 e. The molecule has 0 radical (unpaired) electrons. The summed E-state index contributed by atoms with van der Waals surface area (Å²) in [5.41, 5.74) is 2.55. The third-order valence-corrected chi connectivity index (χ3v) is 6.62. The minimum atomic E-state index is -0.302. The van der Waals surface area contributed by atoms with Gasteiger partial charge in [-0.15, -0.1) is 11.3 Å². The molecule has 166 valence electrons. The number of hydrogen-bond acceptors (Lipinski definition) is 3. The van der Waals surface area contributed by atoms with Crippen LogP contribution in [0.4, 0.5) is 4.39 Å². The van der Waals surface area contributed by atoms with Gasteiger partial charge in [0.05, 0.1) is 6.54 Å². The summed E-state index contributed by atoms with van der Waals surface area (Å²) in [6.45, 7) is 4.90. The summed E-state index contributed by atoms with van der Waals surface area (Å²) in [6.07, 6.45) is 1.85. The first-order valence-corrected chi connectivity index (χ1v) is 11.7. The van der Waals surface area contributed by atoms with Gasteiger partial charge < -0.3 is 9.80 Å². The molecule has 1 aromatic heterocycles. The van der Waals surface area contributed by atoms with Gasteiger partial charge >= 0.3 is 0 Å². The number of halogens is 1. The number of thiophene rings is 1. The minimum Gasteiger partial charge on any atom is -0.332 e. The summed E-state index contributed by atoms with van der Waals surface area (Å²) in [7, 11) is 0. The zero-order valence-corrected chi connectivity index (χ0v) is 19.2. The lowest BCUT2D eigenvalue weighted by atomic mass is 10.1. The summed E-state index contributed by atoms with van der Waals surface area (Å²) in [5, 5.41) is 0. The topological polar surface area (TPSA) is 40.6 Å². The Balaban J connectivity index is 1.53. The molecule has 1 fully saturated rings. The largest absolute Gasteiger partial charge is 0.332 e. The third kappa shape index (κ3) is 5.62. The minimum absolute atomic E-state index is 0.0446. The normalized spacial score (nSPS) is 13.1. The number of rotatable bonds is 8. The van der Waals surface area contributed by atoms with Crippen molar-refractivity contribution in [2.75, 3.05) is 6.54 Å². The van der Waals surface area contributed by atoms with Crippen molar-refractivity contribution in [2.45, 2.75) is 45.8 Å². The van der Waals surface area contributed by atoms with E-state index in [9.17, 15) is 14.0 Å². The predicted molar refractivity (Wildman–Crippen MR) is 125 cm³/mol. The summed E-state index contributed by atoms with van der Waals surface area (Å²) < 4.78 is 13.4. The van der Waals surface area contributed by atoms with Gasteiger partial charge in [-0.05, 0) is 68.7 Å². The van der Waals surface area contributed by atoms with Gasteiger partial charge in [0.15, 0.2) is 0 Å². The number of nitrogens with zero attached hydrogens (tertiary/aromatic N) is 2. The van der Waals surface area contributed by atoms with Gasteiger partial charge in [0, 0.05) is 27.9 Å². The number of aryl methyl sites for hydroxylation is 2. The van der Waals surface area contributed by atoms with Gasteiger partial charge in [0.25, 0.3) is 5.91 Å². The standard InChI is InChI=1S/C26H27FN2O2S/c1-18-3-8-21(9-4-18)26(31)29(23-12-13-23)17-25(30)28(16-24-14-5-19(2)32-24)15-20-6-10-22(27)11-7-20/h3-11,14,23H,12-13,15-17H2,1-2H3. The molecule has 1 aliphatic carbocycles. The molecule has 2 amide bonds. The highest BCUT2D eigenvalue weighted by Crippen LogP contribution is 2.29. The Kier molecular flexibility index (Phi) is 6.70. The van der Waals surface area contributed by atoms with E-state index >= 15 is 0 Å². The zero-order chi connectivity index (χ0) is 22.7. The van der Waals surface area contributed by atoms with Crippen LogP contribution in [-0.4, -0.2) is 34.2 Å². The second-order valence-corrected chi connectivity index (χ2v) is 9.79. The molecule has 4 nitrogen and oxygen atoms in total. The van der Waals surface area contributed by atoms with Gasteiger partial charge in [-0.3, -0.25) is 9.59 Å². The first-order valence-electron chi connectivity index (χ1n) is 10.8. The fraction of sp³-hybridized carbons (Fsp3) is 0.308. The average Bonchev–Trinajstić information content (AvgIpc) is 3.54. The second-order valence-electron chi connectivity index (χ2n) is 8.42. The lowest BCUT2D eigenvalue weighted by molar-refractivity contribution is -0.133. The van der Waals surface area contributed by atoms with E-state index in [0.717, 1.165) is 28.8 Å². The molecule has 0 N–H and O–H groups in total. The maximum Gasteiger partial charge on any atom is 0.254 e. The van der Waals surface area contributed by atoms with Crippen molar-refractivity contribution in [1.29, 1.82) is 0 Å². The molecule has 0 aliphatic heterocycles. The van der Waals surface area contributed by atoms with Crippen molar-refractivity contribution in [1.82, 2.24) is 9.80 Å². The Morgan fingerprint density at radius 3 is 2.22 bits per heavy atom. The molecule has 6 heteroatoms. The molecule has 0 saturated heterocycles.